The highest BCUT2D eigenvalue weighted by molar-refractivity contribution is 5.40. The zero-order valence-electron chi connectivity index (χ0n) is 16.0. The molecule has 148 valence electrons. The summed E-state index contributed by atoms with van der Waals surface area (Å²) >= 11 is 0. The van der Waals surface area contributed by atoms with Gasteiger partial charge in [0.2, 0.25) is 0 Å². The van der Waals surface area contributed by atoms with Gasteiger partial charge in [-0.3, -0.25) is 0 Å². The lowest BCUT2D eigenvalue weighted by molar-refractivity contribution is -0.231. The molecule has 1 heterocycles. The topological polar surface area (TPSA) is 90.2 Å². The minimum Gasteiger partial charge on any atom is -0.394 e. The summed E-state index contributed by atoms with van der Waals surface area (Å²) in [5, 5.41) is 39.8. The van der Waals surface area contributed by atoms with Gasteiger partial charge in [0.05, 0.1) is 6.61 Å². The maximum atomic E-state index is 10.4. The van der Waals surface area contributed by atoms with E-state index < -0.39 is 37.1 Å². The Kier molecular flexibility index (Phi) is 6.50. The lowest BCUT2D eigenvalue weighted by atomic mass is 9.89. The van der Waals surface area contributed by atoms with E-state index in [-0.39, 0.29) is 0 Å². The quantitative estimate of drug-likeness (QED) is 0.602. The Bertz CT molecular complexity index is 863. The first kappa shape index (κ1) is 20.5. The molecule has 0 radical (unpaired) electrons. The lowest BCUT2D eigenvalue weighted by Crippen LogP contribution is -2.55. The van der Waals surface area contributed by atoms with Crippen LogP contribution in [-0.4, -0.2) is 51.4 Å². The van der Waals surface area contributed by atoms with Gasteiger partial charge in [-0.05, 0) is 54.7 Å². The van der Waals surface area contributed by atoms with E-state index in [0.717, 1.165) is 22.3 Å². The fraction of sp³-hybridized carbons (Fsp3) is 0.391. The zero-order chi connectivity index (χ0) is 20.3. The van der Waals surface area contributed by atoms with Gasteiger partial charge in [0.25, 0.3) is 0 Å². The molecule has 0 aliphatic carbocycles. The number of benzene rings is 2. The average molecular weight is 382 g/mol. The lowest BCUT2D eigenvalue weighted by Gasteiger charge is -2.40. The molecule has 1 fully saturated rings. The smallest absolute Gasteiger partial charge is 0.113 e. The summed E-state index contributed by atoms with van der Waals surface area (Å²) in [7, 11) is 0. The predicted octanol–water partition coefficient (Wildman–Crippen LogP) is 1.47. The Balaban J connectivity index is 1.85. The van der Waals surface area contributed by atoms with Gasteiger partial charge in [0.1, 0.15) is 30.5 Å². The number of ether oxygens (including phenoxy) is 1. The summed E-state index contributed by atoms with van der Waals surface area (Å²) < 4.78 is 5.68. The third-order valence-electron chi connectivity index (χ3n) is 5.21. The number of aliphatic hydroxyl groups is 4. The van der Waals surface area contributed by atoms with Gasteiger partial charge in [0.15, 0.2) is 0 Å². The second-order valence-corrected chi connectivity index (χ2v) is 7.18. The summed E-state index contributed by atoms with van der Waals surface area (Å²) in [5.41, 5.74) is 4.98. The Morgan fingerprint density at radius 3 is 2.32 bits per heavy atom. The molecule has 28 heavy (non-hydrogen) atoms. The van der Waals surface area contributed by atoms with Crippen molar-refractivity contribution in [2.45, 2.75) is 50.8 Å². The van der Waals surface area contributed by atoms with Crippen LogP contribution < -0.4 is 0 Å². The van der Waals surface area contributed by atoms with Crippen LogP contribution in [0, 0.1) is 18.8 Å². The highest BCUT2D eigenvalue weighted by atomic mass is 16.5. The third kappa shape index (κ3) is 4.27. The Morgan fingerprint density at radius 1 is 0.964 bits per heavy atom. The maximum absolute atomic E-state index is 10.4. The number of aliphatic hydroxyl groups excluding tert-OH is 4. The predicted molar refractivity (Wildman–Crippen MR) is 106 cm³/mol. The van der Waals surface area contributed by atoms with Crippen LogP contribution in [0.1, 0.15) is 40.8 Å². The van der Waals surface area contributed by atoms with Gasteiger partial charge in [0, 0.05) is 5.56 Å². The van der Waals surface area contributed by atoms with E-state index in [1.807, 2.05) is 56.3 Å². The summed E-state index contributed by atoms with van der Waals surface area (Å²) in [5.74, 6) is 5.91. The third-order valence-corrected chi connectivity index (χ3v) is 5.21. The molecule has 1 aliphatic rings. The molecule has 1 unspecified atom stereocenters. The molecule has 0 amide bonds. The summed E-state index contributed by atoms with van der Waals surface area (Å²) in [6.45, 7) is 3.39. The van der Waals surface area contributed by atoms with E-state index in [9.17, 15) is 20.4 Å². The van der Waals surface area contributed by atoms with E-state index in [1.54, 1.807) is 0 Å². The van der Waals surface area contributed by atoms with E-state index in [1.165, 1.54) is 0 Å². The molecule has 3 rings (SSSR count). The highest BCUT2D eigenvalue weighted by Gasteiger charge is 2.43. The number of hydrogen-bond donors (Lipinski definition) is 4. The normalized spacial score (nSPS) is 27.1. The van der Waals surface area contributed by atoms with Crippen LogP contribution in [0.25, 0.3) is 0 Å². The fourth-order valence-corrected chi connectivity index (χ4v) is 3.51. The van der Waals surface area contributed by atoms with Crippen LogP contribution in [0.5, 0.6) is 0 Å². The van der Waals surface area contributed by atoms with Crippen LogP contribution >= 0.6 is 0 Å². The Hall–Kier alpha value is -2.20. The Labute approximate surface area is 165 Å². The molecule has 0 saturated carbocycles. The zero-order valence-corrected chi connectivity index (χ0v) is 16.0. The molecule has 1 aliphatic heterocycles. The van der Waals surface area contributed by atoms with Gasteiger partial charge in [-0.2, -0.15) is 0 Å². The molecule has 0 aromatic heterocycles. The number of rotatable bonds is 4. The van der Waals surface area contributed by atoms with Gasteiger partial charge in [-0.25, -0.2) is 0 Å². The van der Waals surface area contributed by atoms with Gasteiger partial charge < -0.3 is 25.2 Å². The van der Waals surface area contributed by atoms with Crippen LogP contribution in [-0.2, 0) is 11.2 Å². The van der Waals surface area contributed by atoms with Gasteiger partial charge in [-0.1, -0.05) is 36.3 Å². The van der Waals surface area contributed by atoms with Crippen molar-refractivity contribution in [2.24, 2.45) is 0 Å². The van der Waals surface area contributed by atoms with Crippen molar-refractivity contribution in [2.75, 3.05) is 6.61 Å². The second kappa shape index (κ2) is 8.87. The van der Waals surface area contributed by atoms with E-state index in [2.05, 4.69) is 11.8 Å². The monoisotopic (exact) mass is 382 g/mol. The molecule has 5 heteroatoms. The molecular weight excluding hydrogens is 356 g/mol. The standard InChI is InChI=1S/C23H26O5/c1-3-4-15-6-8-16(9-7-15)11-18-12-17(10-5-14(18)2)23-22(27)21(26)20(25)19(13-24)28-23/h5-10,12,19-27H,11,13H2,1-2H3/t19?,20-,21+,22-,23+/m1/s1. The first-order valence-corrected chi connectivity index (χ1v) is 9.36. The van der Waals surface area contributed by atoms with Crippen molar-refractivity contribution < 1.29 is 25.2 Å². The maximum Gasteiger partial charge on any atom is 0.113 e. The SMILES string of the molecule is CC#Cc1ccc(Cc2cc([C@@H]3OC(CO)[C@@H](O)[C@H](O)[C@H]3O)ccc2C)cc1. The second-order valence-electron chi connectivity index (χ2n) is 7.18. The summed E-state index contributed by atoms with van der Waals surface area (Å²) in [6.07, 6.45) is -5.05. The molecule has 5 nitrogen and oxygen atoms in total. The molecular formula is C23H26O5. The molecule has 5 atom stereocenters. The summed E-state index contributed by atoms with van der Waals surface area (Å²) in [6, 6.07) is 13.8. The van der Waals surface area contributed by atoms with Crippen LogP contribution in [0.4, 0.5) is 0 Å². The minimum absolute atomic E-state index is 0.437. The fourth-order valence-electron chi connectivity index (χ4n) is 3.51. The summed E-state index contributed by atoms with van der Waals surface area (Å²) in [4.78, 5) is 0. The molecule has 4 N–H and O–H groups in total. The van der Waals surface area contributed by atoms with E-state index in [0.29, 0.717) is 12.0 Å². The molecule has 2 aromatic carbocycles. The number of hydrogen-bond acceptors (Lipinski definition) is 5. The van der Waals surface area contributed by atoms with Gasteiger partial charge >= 0.3 is 0 Å². The average Bonchev–Trinajstić information content (AvgIpc) is 2.70. The Morgan fingerprint density at radius 2 is 1.68 bits per heavy atom. The number of aryl methyl sites for hydroxylation is 1. The molecule has 0 bridgehead atoms. The van der Waals surface area contributed by atoms with E-state index in [4.69, 9.17) is 4.74 Å². The van der Waals surface area contributed by atoms with Crippen molar-refractivity contribution >= 4 is 0 Å². The first-order chi connectivity index (χ1) is 13.4. The molecule has 2 aromatic rings. The largest absolute Gasteiger partial charge is 0.394 e. The van der Waals surface area contributed by atoms with Crippen molar-refractivity contribution in [1.82, 2.24) is 0 Å². The molecule has 0 spiro atoms. The van der Waals surface area contributed by atoms with Crippen LogP contribution in [0.3, 0.4) is 0 Å². The van der Waals surface area contributed by atoms with Crippen molar-refractivity contribution in [3.05, 3.63) is 70.3 Å². The van der Waals surface area contributed by atoms with Crippen LogP contribution in [0.2, 0.25) is 0 Å². The highest BCUT2D eigenvalue weighted by Crippen LogP contribution is 2.33. The van der Waals surface area contributed by atoms with Crippen molar-refractivity contribution in [1.29, 1.82) is 0 Å². The van der Waals surface area contributed by atoms with E-state index >= 15 is 0 Å². The van der Waals surface area contributed by atoms with Gasteiger partial charge in [-0.15, -0.1) is 5.92 Å². The minimum atomic E-state index is -1.38. The molecule has 1 saturated heterocycles. The van der Waals surface area contributed by atoms with Crippen LogP contribution in [0.15, 0.2) is 42.5 Å². The van der Waals surface area contributed by atoms with Crippen molar-refractivity contribution in [3.8, 4) is 11.8 Å². The first-order valence-electron chi connectivity index (χ1n) is 9.36. The van der Waals surface area contributed by atoms with Crippen molar-refractivity contribution in [3.63, 3.8) is 0 Å².